The summed E-state index contributed by atoms with van der Waals surface area (Å²) in [5.41, 5.74) is 0. The molecule has 68 valence electrons. The molecule has 0 saturated carbocycles. The fraction of sp³-hybridized carbons (Fsp3) is 1.00. The van der Waals surface area contributed by atoms with Crippen LogP contribution in [0.3, 0.4) is 0 Å². The van der Waals surface area contributed by atoms with Crippen molar-refractivity contribution in [1.82, 2.24) is 0 Å². The summed E-state index contributed by atoms with van der Waals surface area (Å²) in [4.78, 5) is 0. The van der Waals surface area contributed by atoms with Crippen LogP contribution in [-0.4, -0.2) is 9.52 Å². The van der Waals surface area contributed by atoms with Crippen LogP contribution >= 0.6 is 0 Å². The number of hydrogen-bond donors (Lipinski definition) is 0. The van der Waals surface area contributed by atoms with Gasteiger partial charge in [0.15, 0.2) is 0 Å². The van der Waals surface area contributed by atoms with Crippen LogP contribution in [0.2, 0.25) is 12.1 Å². The van der Waals surface area contributed by atoms with Crippen molar-refractivity contribution >= 4 is 9.52 Å². The highest BCUT2D eigenvalue weighted by atomic mass is 28.2. The molecule has 0 aliphatic carbocycles. The van der Waals surface area contributed by atoms with E-state index in [0.717, 1.165) is 0 Å². The Morgan fingerprint density at radius 1 is 0.818 bits per heavy atom. The van der Waals surface area contributed by atoms with Gasteiger partial charge >= 0.3 is 0 Å². The number of unbranched alkanes of at least 4 members (excludes halogenated alkanes) is 5. The first-order chi connectivity index (χ1) is 5.41. The molecular formula is C10H24Si. The lowest BCUT2D eigenvalue weighted by Crippen LogP contribution is -1.85. The second-order valence-corrected chi connectivity index (χ2v) is 5.89. The molecule has 0 N–H and O–H groups in total. The topological polar surface area (TPSA) is 0 Å². The minimum Gasteiger partial charge on any atom is -0.0683 e. The molecule has 0 fully saturated rings. The van der Waals surface area contributed by atoms with E-state index in [2.05, 4.69) is 13.8 Å². The molecule has 0 aromatic rings. The third-order valence-electron chi connectivity index (χ3n) is 2.21. The molecule has 0 bridgehead atoms. The molecule has 0 aliphatic rings. The highest BCUT2D eigenvalue weighted by Gasteiger charge is 1.89. The Hall–Kier alpha value is 0.217. The van der Waals surface area contributed by atoms with E-state index in [1.807, 2.05) is 0 Å². The van der Waals surface area contributed by atoms with Gasteiger partial charge in [-0.15, -0.1) is 0 Å². The molecule has 0 atom stereocenters. The normalized spacial score (nSPS) is 11.5. The summed E-state index contributed by atoms with van der Waals surface area (Å²) < 4.78 is 0. The van der Waals surface area contributed by atoms with Gasteiger partial charge in [0.1, 0.15) is 0 Å². The first kappa shape index (κ1) is 11.2. The van der Waals surface area contributed by atoms with Crippen molar-refractivity contribution in [2.24, 2.45) is 0 Å². The van der Waals surface area contributed by atoms with Gasteiger partial charge in [-0.25, -0.2) is 0 Å². The molecule has 1 heteroatoms. The Morgan fingerprint density at radius 3 is 2.09 bits per heavy atom. The highest BCUT2D eigenvalue weighted by molar-refractivity contribution is 6.35. The molecular weight excluding hydrogens is 148 g/mol. The van der Waals surface area contributed by atoms with Gasteiger partial charge in [0, 0.05) is 9.52 Å². The molecule has 0 aromatic heterocycles. The summed E-state index contributed by atoms with van der Waals surface area (Å²) in [5.74, 6) is 0. The Morgan fingerprint density at radius 2 is 1.45 bits per heavy atom. The molecule has 11 heavy (non-hydrogen) atoms. The van der Waals surface area contributed by atoms with Crippen LogP contribution in [0.4, 0.5) is 0 Å². The minimum atomic E-state index is 0.382. The van der Waals surface area contributed by atoms with Crippen LogP contribution in [-0.2, 0) is 0 Å². The predicted molar refractivity (Wildman–Crippen MR) is 57.2 cm³/mol. The molecule has 0 unspecified atom stereocenters. The Kier molecular flexibility index (Phi) is 10.4. The summed E-state index contributed by atoms with van der Waals surface area (Å²) in [7, 11) is 0.382. The summed E-state index contributed by atoms with van der Waals surface area (Å²) in [6.07, 6.45) is 8.84. The van der Waals surface area contributed by atoms with Crippen LogP contribution < -0.4 is 0 Å². The zero-order valence-corrected chi connectivity index (χ0v) is 9.78. The smallest absolute Gasteiger partial charge is 0.0195 e. The van der Waals surface area contributed by atoms with E-state index < -0.39 is 0 Å². The maximum absolute atomic E-state index is 2.34. The van der Waals surface area contributed by atoms with Crippen molar-refractivity contribution in [2.45, 2.75) is 64.5 Å². The molecule has 0 nitrogen and oxygen atoms in total. The minimum absolute atomic E-state index is 0.382. The van der Waals surface area contributed by atoms with Crippen LogP contribution in [0.5, 0.6) is 0 Å². The molecule has 0 amide bonds. The first-order valence-electron chi connectivity index (χ1n) is 5.41. The molecule has 0 saturated heterocycles. The lowest BCUT2D eigenvalue weighted by molar-refractivity contribution is 0.624. The summed E-state index contributed by atoms with van der Waals surface area (Å²) in [6, 6.07) is 3.11. The van der Waals surface area contributed by atoms with Crippen LogP contribution in [0.1, 0.15) is 52.4 Å². The van der Waals surface area contributed by atoms with E-state index in [-0.39, 0.29) is 0 Å². The summed E-state index contributed by atoms with van der Waals surface area (Å²) in [6.45, 7) is 4.62. The highest BCUT2D eigenvalue weighted by Crippen LogP contribution is 2.06. The maximum atomic E-state index is 2.34. The fourth-order valence-electron chi connectivity index (χ4n) is 1.38. The van der Waals surface area contributed by atoms with E-state index in [4.69, 9.17) is 0 Å². The second-order valence-electron chi connectivity index (χ2n) is 3.47. The van der Waals surface area contributed by atoms with Gasteiger partial charge in [0.05, 0.1) is 0 Å². The van der Waals surface area contributed by atoms with E-state index in [1.165, 1.54) is 44.6 Å². The van der Waals surface area contributed by atoms with Crippen molar-refractivity contribution in [2.75, 3.05) is 0 Å². The average molecular weight is 172 g/mol. The maximum Gasteiger partial charge on any atom is 0.0195 e. The van der Waals surface area contributed by atoms with Gasteiger partial charge < -0.3 is 0 Å². The number of hydrogen-bond acceptors (Lipinski definition) is 0. The predicted octanol–water partition coefficient (Wildman–Crippen LogP) is 3.37. The van der Waals surface area contributed by atoms with Gasteiger partial charge in [-0.2, -0.15) is 0 Å². The van der Waals surface area contributed by atoms with E-state index in [1.54, 1.807) is 6.04 Å². The Labute approximate surface area is 74.6 Å². The first-order valence-corrected chi connectivity index (χ1v) is 7.41. The average Bonchev–Trinajstić information content (AvgIpc) is 2.03. The van der Waals surface area contributed by atoms with Crippen LogP contribution in [0.15, 0.2) is 0 Å². The van der Waals surface area contributed by atoms with Crippen molar-refractivity contribution in [3.63, 3.8) is 0 Å². The molecule has 0 spiro atoms. The van der Waals surface area contributed by atoms with Gasteiger partial charge in [0.25, 0.3) is 0 Å². The van der Waals surface area contributed by atoms with Gasteiger partial charge in [-0.05, 0) is 0 Å². The molecule has 0 aliphatic heterocycles. The van der Waals surface area contributed by atoms with Gasteiger partial charge in [-0.1, -0.05) is 64.5 Å². The zero-order chi connectivity index (χ0) is 8.36. The van der Waals surface area contributed by atoms with Crippen molar-refractivity contribution in [3.05, 3.63) is 0 Å². The third-order valence-corrected chi connectivity index (χ3v) is 3.91. The summed E-state index contributed by atoms with van der Waals surface area (Å²) in [5, 5.41) is 0. The monoisotopic (exact) mass is 172 g/mol. The lowest BCUT2D eigenvalue weighted by Gasteiger charge is -1.98. The van der Waals surface area contributed by atoms with Crippen LogP contribution in [0.25, 0.3) is 0 Å². The quantitative estimate of drug-likeness (QED) is 0.389. The molecule has 0 aromatic carbocycles. The molecule has 0 radical (unpaired) electrons. The van der Waals surface area contributed by atoms with Crippen molar-refractivity contribution in [1.29, 1.82) is 0 Å². The zero-order valence-electron chi connectivity index (χ0n) is 8.36. The SMILES string of the molecule is CCCCCCCC[SiH2]CC. The summed E-state index contributed by atoms with van der Waals surface area (Å²) >= 11 is 0. The van der Waals surface area contributed by atoms with E-state index in [9.17, 15) is 0 Å². The van der Waals surface area contributed by atoms with Gasteiger partial charge in [-0.3, -0.25) is 0 Å². The Bertz CT molecular complexity index is 53.9. The Balaban J connectivity index is 2.69. The fourth-order valence-corrected chi connectivity index (χ4v) is 2.59. The van der Waals surface area contributed by atoms with E-state index in [0.29, 0.717) is 9.52 Å². The third kappa shape index (κ3) is 10.2. The second kappa shape index (κ2) is 10.2. The van der Waals surface area contributed by atoms with E-state index >= 15 is 0 Å². The van der Waals surface area contributed by atoms with Crippen molar-refractivity contribution in [3.8, 4) is 0 Å². The molecule has 0 heterocycles. The number of rotatable bonds is 8. The van der Waals surface area contributed by atoms with Gasteiger partial charge in [0.2, 0.25) is 0 Å². The lowest BCUT2D eigenvalue weighted by atomic mass is 10.1. The molecule has 0 rings (SSSR count). The largest absolute Gasteiger partial charge is 0.0683 e. The van der Waals surface area contributed by atoms with Crippen LogP contribution in [0, 0.1) is 0 Å². The van der Waals surface area contributed by atoms with Crippen molar-refractivity contribution < 1.29 is 0 Å². The standard InChI is InChI=1S/C10H24Si/c1-3-5-6-7-8-9-10-11-4-2/h3-11H2,1-2H3.